The van der Waals surface area contributed by atoms with Crippen molar-refractivity contribution in [2.24, 2.45) is 0 Å². The second-order valence-electron chi connectivity index (χ2n) is 6.96. The average molecular weight is 365 g/mol. The van der Waals surface area contributed by atoms with Gasteiger partial charge in [0.15, 0.2) is 11.5 Å². The lowest BCUT2D eigenvalue weighted by Crippen LogP contribution is -2.27. The molecule has 27 heavy (non-hydrogen) atoms. The van der Waals surface area contributed by atoms with Gasteiger partial charge in [-0.1, -0.05) is 6.07 Å². The Balaban J connectivity index is 1.52. The number of amides is 1. The summed E-state index contributed by atoms with van der Waals surface area (Å²) in [5.74, 6) is 1.47. The van der Waals surface area contributed by atoms with Crippen LogP contribution in [-0.4, -0.2) is 36.1 Å². The third kappa shape index (κ3) is 3.63. The predicted octanol–water partition coefficient (Wildman–Crippen LogP) is 4.37. The maximum absolute atomic E-state index is 12.2. The number of hydrogen-bond donors (Lipinski definition) is 1. The van der Waals surface area contributed by atoms with Gasteiger partial charge in [-0.2, -0.15) is 0 Å². The Hall–Kier alpha value is -2.95. The number of benzene rings is 2. The number of phenols is 1. The van der Waals surface area contributed by atoms with Gasteiger partial charge in [0.25, 0.3) is 0 Å². The lowest BCUT2D eigenvalue weighted by Gasteiger charge is -2.14. The molecular formula is C22H23NO4. The van der Waals surface area contributed by atoms with Crippen LogP contribution in [0.5, 0.6) is 11.5 Å². The summed E-state index contributed by atoms with van der Waals surface area (Å²) in [6, 6.07) is 13.2. The molecule has 2 aromatic carbocycles. The molecule has 1 aliphatic heterocycles. The van der Waals surface area contributed by atoms with Gasteiger partial charge in [-0.05, 0) is 61.2 Å². The maximum Gasteiger partial charge on any atom is 0.222 e. The molecule has 1 fully saturated rings. The number of rotatable bonds is 5. The SMILES string of the molecule is COc1cc(-c2cc3cc(CCC(=O)N4CCCC4)ccc3o2)ccc1O. The summed E-state index contributed by atoms with van der Waals surface area (Å²) >= 11 is 0. The molecule has 1 amide bonds. The van der Waals surface area contributed by atoms with Gasteiger partial charge < -0.3 is 19.2 Å². The summed E-state index contributed by atoms with van der Waals surface area (Å²) in [4.78, 5) is 14.2. The molecule has 1 aliphatic rings. The zero-order valence-electron chi connectivity index (χ0n) is 15.4. The second kappa shape index (κ2) is 7.35. The van der Waals surface area contributed by atoms with Gasteiger partial charge in [0.05, 0.1) is 7.11 Å². The van der Waals surface area contributed by atoms with Gasteiger partial charge >= 0.3 is 0 Å². The number of furan rings is 1. The van der Waals surface area contributed by atoms with Crippen molar-refractivity contribution < 1.29 is 19.1 Å². The Morgan fingerprint density at radius 2 is 1.96 bits per heavy atom. The molecule has 5 nitrogen and oxygen atoms in total. The van der Waals surface area contributed by atoms with Crippen molar-refractivity contribution in [2.75, 3.05) is 20.2 Å². The number of ether oxygens (including phenoxy) is 1. The average Bonchev–Trinajstić information content (AvgIpc) is 3.36. The summed E-state index contributed by atoms with van der Waals surface area (Å²) in [7, 11) is 1.52. The lowest BCUT2D eigenvalue weighted by atomic mass is 10.1. The molecule has 0 aliphatic carbocycles. The minimum Gasteiger partial charge on any atom is -0.504 e. The second-order valence-corrected chi connectivity index (χ2v) is 6.96. The van der Waals surface area contributed by atoms with Crippen LogP contribution in [0.2, 0.25) is 0 Å². The highest BCUT2D eigenvalue weighted by molar-refractivity contribution is 5.84. The number of hydrogen-bond acceptors (Lipinski definition) is 4. The van der Waals surface area contributed by atoms with Crippen molar-refractivity contribution >= 4 is 16.9 Å². The fourth-order valence-corrected chi connectivity index (χ4v) is 3.60. The van der Waals surface area contributed by atoms with Gasteiger partial charge in [-0.3, -0.25) is 4.79 Å². The van der Waals surface area contributed by atoms with Crippen molar-refractivity contribution in [3.63, 3.8) is 0 Å². The molecule has 3 aromatic rings. The number of carbonyl (C=O) groups is 1. The van der Waals surface area contributed by atoms with Gasteiger partial charge in [0.2, 0.25) is 5.91 Å². The summed E-state index contributed by atoms with van der Waals surface area (Å²) in [5, 5.41) is 10.8. The van der Waals surface area contributed by atoms with E-state index in [1.54, 1.807) is 18.2 Å². The van der Waals surface area contributed by atoms with E-state index in [4.69, 9.17) is 9.15 Å². The highest BCUT2D eigenvalue weighted by atomic mass is 16.5. The Kier molecular flexibility index (Phi) is 4.75. The number of carbonyl (C=O) groups excluding carboxylic acids is 1. The van der Waals surface area contributed by atoms with Crippen molar-refractivity contribution in [2.45, 2.75) is 25.7 Å². The van der Waals surface area contributed by atoms with E-state index in [-0.39, 0.29) is 11.7 Å². The van der Waals surface area contributed by atoms with Crippen LogP contribution in [0.3, 0.4) is 0 Å². The largest absolute Gasteiger partial charge is 0.504 e. The first-order valence-corrected chi connectivity index (χ1v) is 9.31. The third-order valence-electron chi connectivity index (χ3n) is 5.13. The summed E-state index contributed by atoms with van der Waals surface area (Å²) in [6.45, 7) is 1.80. The summed E-state index contributed by atoms with van der Waals surface area (Å²) in [6.07, 6.45) is 3.53. The van der Waals surface area contributed by atoms with E-state index in [9.17, 15) is 9.90 Å². The molecule has 1 saturated heterocycles. The molecule has 140 valence electrons. The molecule has 0 atom stereocenters. The van der Waals surface area contributed by atoms with Crippen molar-refractivity contribution in [3.8, 4) is 22.8 Å². The quantitative estimate of drug-likeness (QED) is 0.729. The van der Waals surface area contributed by atoms with Crippen LogP contribution >= 0.6 is 0 Å². The van der Waals surface area contributed by atoms with Crippen LogP contribution in [0.15, 0.2) is 46.9 Å². The fraction of sp³-hybridized carbons (Fsp3) is 0.318. The van der Waals surface area contributed by atoms with Crippen LogP contribution < -0.4 is 4.74 Å². The number of phenolic OH excluding ortho intramolecular Hbond substituents is 1. The van der Waals surface area contributed by atoms with E-state index in [0.29, 0.717) is 17.9 Å². The minimum absolute atomic E-state index is 0.0994. The number of likely N-dealkylation sites (tertiary alicyclic amines) is 1. The summed E-state index contributed by atoms with van der Waals surface area (Å²) < 4.78 is 11.1. The van der Waals surface area contributed by atoms with Crippen molar-refractivity contribution in [1.29, 1.82) is 0 Å². The molecular weight excluding hydrogens is 342 g/mol. The van der Waals surface area contributed by atoms with Crippen LogP contribution in [0.1, 0.15) is 24.8 Å². The van der Waals surface area contributed by atoms with Crippen LogP contribution in [0.25, 0.3) is 22.3 Å². The van der Waals surface area contributed by atoms with Gasteiger partial charge in [0.1, 0.15) is 11.3 Å². The predicted molar refractivity (Wildman–Crippen MR) is 104 cm³/mol. The number of aromatic hydroxyl groups is 1. The number of methoxy groups -OCH3 is 1. The topological polar surface area (TPSA) is 62.9 Å². The van der Waals surface area contributed by atoms with Crippen LogP contribution in [0.4, 0.5) is 0 Å². The van der Waals surface area contributed by atoms with Crippen molar-refractivity contribution in [3.05, 3.63) is 48.0 Å². The van der Waals surface area contributed by atoms with E-state index in [1.807, 2.05) is 23.1 Å². The highest BCUT2D eigenvalue weighted by Gasteiger charge is 2.17. The van der Waals surface area contributed by atoms with E-state index >= 15 is 0 Å². The van der Waals surface area contributed by atoms with E-state index < -0.39 is 0 Å². The fourth-order valence-electron chi connectivity index (χ4n) is 3.60. The Labute approximate surface area is 158 Å². The molecule has 4 rings (SSSR count). The molecule has 1 N–H and O–H groups in total. The van der Waals surface area contributed by atoms with Gasteiger partial charge in [0, 0.05) is 30.5 Å². The third-order valence-corrected chi connectivity index (χ3v) is 5.13. The molecule has 0 spiro atoms. The van der Waals surface area contributed by atoms with E-state index in [0.717, 1.165) is 54.4 Å². The molecule has 0 unspecified atom stereocenters. The first-order valence-electron chi connectivity index (χ1n) is 9.31. The Bertz CT molecular complexity index is 970. The molecule has 0 saturated carbocycles. The van der Waals surface area contributed by atoms with Gasteiger partial charge in [-0.15, -0.1) is 0 Å². The van der Waals surface area contributed by atoms with Crippen LogP contribution in [-0.2, 0) is 11.2 Å². The molecule has 1 aromatic heterocycles. The monoisotopic (exact) mass is 365 g/mol. The molecule has 2 heterocycles. The molecule has 5 heteroatoms. The molecule has 0 bridgehead atoms. The zero-order chi connectivity index (χ0) is 18.8. The van der Waals surface area contributed by atoms with E-state index in [1.165, 1.54) is 7.11 Å². The minimum atomic E-state index is 0.0994. The maximum atomic E-state index is 12.2. The lowest BCUT2D eigenvalue weighted by molar-refractivity contribution is -0.130. The standard InChI is InChI=1S/C22H23NO4/c1-26-21-13-16(6-7-18(21)24)20-14-17-12-15(4-8-19(17)27-20)5-9-22(25)23-10-2-3-11-23/h4,6-8,12-14,24H,2-3,5,9-11H2,1H3. The first-order chi connectivity index (χ1) is 13.1. The smallest absolute Gasteiger partial charge is 0.222 e. The van der Waals surface area contributed by atoms with Crippen LogP contribution in [0, 0.1) is 0 Å². The number of aryl methyl sites for hydroxylation is 1. The Morgan fingerprint density at radius 3 is 2.74 bits per heavy atom. The van der Waals surface area contributed by atoms with Gasteiger partial charge in [-0.25, -0.2) is 0 Å². The summed E-state index contributed by atoms with van der Waals surface area (Å²) in [5.41, 5.74) is 2.77. The first kappa shape index (κ1) is 17.5. The number of fused-ring (bicyclic) bond motifs is 1. The van der Waals surface area contributed by atoms with E-state index in [2.05, 4.69) is 6.07 Å². The molecule has 0 radical (unpaired) electrons. The van der Waals surface area contributed by atoms with Crippen molar-refractivity contribution in [1.82, 2.24) is 4.90 Å². The number of nitrogens with zero attached hydrogens (tertiary/aromatic N) is 1. The Morgan fingerprint density at radius 1 is 1.15 bits per heavy atom. The zero-order valence-corrected chi connectivity index (χ0v) is 15.4. The normalized spacial score (nSPS) is 14.0. The highest BCUT2D eigenvalue weighted by Crippen LogP contribution is 2.34.